The lowest BCUT2D eigenvalue weighted by atomic mass is 9.92. The van der Waals surface area contributed by atoms with Gasteiger partial charge in [0.1, 0.15) is 5.82 Å². The first-order valence-electron chi connectivity index (χ1n) is 9.04. The summed E-state index contributed by atoms with van der Waals surface area (Å²) in [6, 6.07) is 10.1. The summed E-state index contributed by atoms with van der Waals surface area (Å²) in [5.41, 5.74) is 3.01. The van der Waals surface area contributed by atoms with Crippen LogP contribution in [0, 0.1) is 12.8 Å². The second kappa shape index (κ2) is 8.23. The van der Waals surface area contributed by atoms with Crippen molar-refractivity contribution < 1.29 is 4.79 Å². The van der Waals surface area contributed by atoms with Crippen LogP contribution in [0.5, 0.6) is 0 Å². The maximum absolute atomic E-state index is 12.7. The van der Waals surface area contributed by atoms with Crippen LogP contribution in [0.1, 0.15) is 44.9 Å². The Balaban J connectivity index is 0.00000243. The Morgan fingerprint density at radius 1 is 1.23 bits per heavy atom. The molecule has 0 atom stereocenters. The van der Waals surface area contributed by atoms with E-state index >= 15 is 0 Å². The molecule has 1 aromatic heterocycles. The molecular formula is C20H29ClN4O. The molecule has 142 valence electrons. The van der Waals surface area contributed by atoms with Crippen LogP contribution < -0.4 is 10.6 Å². The van der Waals surface area contributed by atoms with Gasteiger partial charge in [-0.15, -0.1) is 12.4 Å². The number of carbonyl (C=O) groups excluding carboxylic acids is 1. The first-order valence-corrected chi connectivity index (χ1v) is 9.04. The zero-order valence-corrected chi connectivity index (χ0v) is 16.8. The summed E-state index contributed by atoms with van der Waals surface area (Å²) in [5.74, 6) is 0.916. The molecule has 1 saturated heterocycles. The Morgan fingerprint density at radius 2 is 1.88 bits per heavy atom. The smallest absolute Gasteiger partial charge is 0.228 e. The minimum atomic E-state index is -0.0812. The van der Waals surface area contributed by atoms with Crippen LogP contribution in [0.3, 0.4) is 0 Å². The first kappa shape index (κ1) is 20.5. The third-order valence-corrected chi connectivity index (χ3v) is 4.78. The molecule has 3 rings (SSSR count). The highest BCUT2D eigenvalue weighted by Gasteiger charge is 2.25. The number of benzene rings is 1. The number of halogens is 1. The summed E-state index contributed by atoms with van der Waals surface area (Å²) in [4.78, 5) is 12.7. The fourth-order valence-corrected chi connectivity index (χ4v) is 3.13. The minimum Gasteiger partial charge on any atom is -0.317 e. The van der Waals surface area contributed by atoms with Gasteiger partial charge in [-0.1, -0.05) is 39.0 Å². The minimum absolute atomic E-state index is 0. The van der Waals surface area contributed by atoms with Crippen molar-refractivity contribution in [1.29, 1.82) is 0 Å². The number of carbonyl (C=O) groups is 1. The fourth-order valence-electron chi connectivity index (χ4n) is 3.13. The fraction of sp³-hybridized carbons (Fsp3) is 0.500. The third-order valence-electron chi connectivity index (χ3n) is 4.78. The first-order chi connectivity index (χ1) is 11.9. The van der Waals surface area contributed by atoms with Gasteiger partial charge < -0.3 is 10.6 Å². The molecule has 1 fully saturated rings. The van der Waals surface area contributed by atoms with E-state index in [0.29, 0.717) is 0 Å². The summed E-state index contributed by atoms with van der Waals surface area (Å²) in [6.07, 6.45) is 1.77. The van der Waals surface area contributed by atoms with Crippen molar-refractivity contribution in [2.24, 2.45) is 5.92 Å². The Morgan fingerprint density at radius 3 is 2.50 bits per heavy atom. The molecule has 0 aliphatic carbocycles. The number of piperidine rings is 1. The van der Waals surface area contributed by atoms with Gasteiger partial charge in [0.2, 0.25) is 5.91 Å². The molecule has 6 heteroatoms. The van der Waals surface area contributed by atoms with E-state index in [1.165, 1.54) is 0 Å². The van der Waals surface area contributed by atoms with Crippen LogP contribution in [-0.2, 0) is 10.2 Å². The highest BCUT2D eigenvalue weighted by molar-refractivity contribution is 5.92. The monoisotopic (exact) mass is 376 g/mol. The summed E-state index contributed by atoms with van der Waals surface area (Å²) >= 11 is 0. The molecule has 2 N–H and O–H groups in total. The van der Waals surface area contributed by atoms with Crippen molar-refractivity contribution in [3.8, 4) is 5.69 Å². The molecule has 0 spiro atoms. The van der Waals surface area contributed by atoms with Gasteiger partial charge in [-0.2, -0.15) is 5.10 Å². The maximum atomic E-state index is 12.7. The molecule has 0 radical (unpaired) electrons. The molecule has 2 aromatic rings. The predicted molar refractivity (Wildman–Crippen MR) is 108 cm³/mol. The van der Waals surface area contributed by atoms with E-state index in [-0.39, 0.29) is 29.6 Å². The van der Waals surface area contributed by atoms with Gasteiger partial charge in [0.15, 0.2) is 0 Å². The Bertz CT molecular complexity index is 757. The Labute approximate surface area is 162 Å². The zero-order valence-electron chi connectivity index (χ0n) is 16.0. The van der Waals surface area contributed by atoms with Gasteiger partial charge in [-0.05, 0) is 44.5 Å². The summed E-state index contributed by atoms with van der Waals surface area (Å²) < 4.78 is 1.87. The second-order valence-electron chi connectivity index (χ2n) is 7.88. The van der Waals surface area contributed by atoms with Gasteiger partial charge in [0.05, 0.1) is 11.4 Å². The van der Waals surface area contributed by atoms with E-state index in [4.69, 9.17) is 5.10 Å². The molecule has 1 aliphatic rings. The van der Waals surface area contributed by atoms with E-state index < -0.39 is 0 Å². The zero-order chi connectivity index (χ0) is 18.0. The van der Waals surface area contributed by atoms with Gasteiger partial charge >= 0.3 is 0 Å². The maximum Gasteiger partial charge on any atom is 0.228 e. The standard InChI is InChI=1S/C20H28N4O.ClH/c1-14-7-5-6-8-16(14)24-18(13-17(23-24)20(2,3)4)22-19(25)15-9-11-21-12-10-15;/h5-8,13,15,21H,9-12H2,1-4H3,(H,22,25);1H. The highest BCUT2D eigenvalue weighted by atomic mass is 35.5. The van der Waals surface area contributed by atoms with Crippen molar-refractivity contribution in [1.82, 2.24) is 15.1 Å². The van der Waals surface area contributed by atoms with Crippen LogP contribution in [0.15, 0.2) is 30.3 Å². The van der Waals surface area contributed by atoms with Crippen LogP contribution >= 0.6 is 12.4 Å². The number of amides is 1. The summed E-state index contributed by atoms with van der Waals surface area (Å²) in [7, 11) is 0. The van der Waals surface area contributed by atoms with Gasteiger partial charge in [0.25, 0.3) is 0 Å². The number of anilines is 1. The van der Waals surface area contributed by atoms with Crippen molar-refractivity contribution in [2.75, 3.05) is 18.4 Å². The van der Waals surface area contributed by atoms with E-state index in [1.54, 1.807) is 0 Å². The van der Waals surface area contributed by atoms with Crippen LogP contribution in [0.25, 0.3) is 5.69 Å². The number of nitrogens with one attached hydrogen (secondary N) is 2. The quantitative estimate of drug-likeness (QED) is 0.855. The van der Waals surface area contributed by atoms with E-state index in [0.717, 1.165) is 48.7 Å². The SMILES string of the molecule is Cc1ccccc1-n1nc(C(C)(C)C)cc1NC(=O)C1CCNCC1.Cl. The molecule has 26 heavy (non-hydrogen) atoms. The number of para-hydroxylation sites is 1. The lowest BCUT2D eigenvalue weighted by Gasteiger charge is -2.22. The van der Waals surface area contributed by atoms with E-state index in [1.807, 2.05) is 28.9 Å². The molecular weight excluding hydrogens is 348 g/mol. The van der Waals surface area contributed by atoms with Crippen molar-refractivity contribution in [2.45, 2.75) is 46.0 Å². The predicted octanol–water partition coefficient (Wildman–Crippen LogP) is 3.84. The molecule has 2 heterocycles. The largest absolute Gasteiger partial charge is 0.317 e. The molecule has 0 unspecified atom stereocenters. The van der Waals surface area contributed by atoms with E-state index in [2.05, 4.69) is 44.4 Å². The molecule has 1 aliphatic heterocycles. The van der Waals surface area contributed by atoms with Crippen molar-refractivity contribution in [3.05, 3.63) is 41.6 Å². The normalized spacial score (nSPS) is 15.4. The molecule has 0 saturated carbocycles. The van der Waals surface area contributed by atoms with Crippen LogP contribution in [-0.4, -0.2) is 28.8 Å². The number of aromatic nitrogens is 2. The number of nitrogens with zero attached hydrogens (tertiary/aromatic N) is 2. The lowest BCUT2D eigenvalue weighted by Crippen LogP contribution is -2.35. The molecule has 1 aromatic carbocycles. The molecule has 0 bridgehead atoms. The topological polar surface area (TPSA) is 59.0 Å². The Kier molecular flexibility index (Phi) is 6.48. The molecule has 1 amide bonds. The third kappa shape index (κ3) is 4.46. The number of hydrogen-bond donors (Lipinski definition) is 2. The highest BCUT2D eigenvalue weighted by Crippen LogP contribution is 2.28. The lowest BCUT2D eigenvalue weighted by molar-refractivity contribution is -0.120. The second-order valence-corrected chi connectivity index (χ2v) is 7.88. The van der Waals surface area contributed by atoms with Crippen LogP contribution in [0.2, 0.25) is 0 Å². The molecule has 5 nitrogen and oxygen atoms in total. The number of aryl methyl sites for hydroxylation is 1. The van der Waals surface area contributed by atoms with E-state index in [9.17, 15) is 4.79 Å². The average Bonchev–Trinajstić information content (AvgIpc) is 3.00. The van der Waals surface area contributed by atoms with Gasteiger partial charge in [-0.25, -0.2) is 4.68 Å². The van der Waals surface area contributed by atoms with Crippen molar-refractivity contribution >= 4 is 24.1 Å². The van der Waals surface area contributed by atoms with Crippen LogP contribution in [0.4, 0.5) is 5.82 Å². The van der Waals surface area contributed by atoms with Gasteiger partial charge in [-0.3, -0.25) is 4.79 Å². The Hall–Kier alpha value is -1.85. The summed E-state index contributed by atoms with van der Waals surface area (Å²) in [5, 5.41) is 11.2. The summed E-state index contributed by atoms with van der Waals surface area (Å²) in [6.45, 7) is 10.3. The number of rotatable bonds is 3. The average molecular weight is 377 g/mol. The van der Waals surface area contributed by atoms with Crippen molar-refractivity contribution in [3.63, 3.8) is 0 Å². The van der Waals surface area contributed by atoms with Gasteiger partial charge in [0, 0.05) is 17.4 Å². The number of hydrogen-bond acceptors (Lipinski definition) is 3.